The lowest BCUT2D eigenvalue weighted by Gasteiger charge is -2.13. The molecular formula is C12H17N. The molecule has 0 fully saturated rings. The number of rotatable bonds is 0. The second-order valence-corrected chi connectivity index (χ2v) is 3.58. The monoisotopic (exact) mass is 175 g/mol. The van der Waals surface area contributed by atoms with Gasteiger partial charge in [-0.3, -0.25) is 0 Å². The van der Waals surface area contributed by atoms with Gasteiger partial charge in [-0.15, -0.1) is 5.73 Å². The van der Waals surface area contributed by atoms with Gasteiger partial charge in [0.15, 0.2) is 0 Å². The van der Waals surface area contributed by atoms with Crippen LogP contribution in [0.2, 0.25) is 0 Å². The third-order valence-corrected chi connectivity index (χ3v) is 2.25. The summed E-state index contributed by atoms with van der Waals surface area (Å²) in [6.45, 7) is 4.19. The van der Waals surface area contributed by atoms with Gasteiger partial charge in [0.1, 0.15) is 0 Å². The summed E-state index contributed by atoms with van der Waals surface area (Å²) in [6.07, 6.45) is 11.2. The van der Waals surface area contributed by atoms with Gasteiger partial charge in [-0.1, -0.05) is 25.2 Å². The van der Waals surface area contributed by atoms with Crippen molar-refractivity contribution < 1.29 is 0 Å². The van der Waals surface area contributed by atoms with Crippen molar-refractivity contribution in [3.05, 3.63) is 41.7 Å². The van der Waals surface area contributed by atoms with E-state index in [1.165, 1.54) is 5.57 Å². The first kappa shape index (κ1) is 10.0. The highest BCUT2D eigenvalue weighted by Gasteiger charge is 2.06. The molecule has 1 nitrogen and oxygen atoms in total. The van der Waals surface area contributed by atoms with Gasteiger partial charge in [-0.05, 0) is 37.0 Å². The fourth-order valence-electron chi connectivity index (χ4n) is 1.17. The van der Waals surface area contributed by atoms with Gasteiger partial charge in [-0.25, -0.2) is 0 Å². The molecule has 1 aliphatic carbocycles. The molecule has 13 heavy (non-hydrogen) atoms. The zero-order valence-electron chi connectivity index (χ0n) is 8.33. The highest BCUT2D eigenvalue weighted by molar-refractivity contribution is 5.22. The summed E-state index contributed by atoms with van der Waals surface area (Å²) in [5.41, 5.74) is 10.3. The molecule has 1 heteroatoms. The lowest BCUT2D eigenvalue weighted by molar-refractivity contribution is 0.545. The van der Waals surface area contributed by atoms with E-state index in [0.717, 1.165) is 6.42 Å². The van der Waals surface area contributed by atoms with Gasteiger partial charge in [-0.2, -0.15) is 0 Å². The predicted molar refractivity (Wildman–Crippen MR) is 57.3 cm³/mol. The van der Waals surface area contributed by atoms with Crippen LogP contribution >= 0.6 is 0 Å². The van der Waals surface area contributed by atoms with Crippen LogP contribution in [0, 0.1) is 5.92 Å². The van der Waals surface area contributed by atoms with Crippen LogP contribution in [-0.2, 0) is 0 Å². The van der Waals surface area contributed by atoms with Crippen molar-refractivity contribution in [2.45, 2.75) is 26.3 Å². The molecule has 0 saturated heterocycles. The second-order valence-electron chi connectivity index (χ2n) is 3.58. The first-order valence-electron chi connectivity index (χ1n) is 4.72. The Balaban J connectivity index is 2.85. The Labute approximate surface area is 80.3 Å². The summed E-state index contributed by atoms with van der Waals surface area (Å²) < 4.78 is 0. The molecule has 0 aromatic heterocycles. The van der Waals surface area contributed by atoms with Crippen LogP contribution < -0.4 is 5.73 Å². The molecule has 0 heterocycles. The predicted octanol–water partition coefficient (Wildman–Crippen LogP) is 2.57. The third-order valence-electron chi connectivity index (χ3n) is 2.25. The fourth-order valence-corrected chi connectivity index (χ4v) is 1.17. The molecule has 0 aromatic carbocycles. The zero-order chi connectivity index (χ0) is 9.68. The van der Waals surface area contributed by atoms with Gasteiger partial charge in [0.25, 0.3) is 0 Å². The molecule has 0 aromatic rings. The highest BCUT2D eigenvalue weighted by atomic mass is 14.6. The molecular weight excluding hydrogens is 158 g/mol. The lowest BCUT2D eigenvalue weighted by atomic mass is 9.99. The van der Waals surface area contributed by atoms with Crippen molar-refractivity contribution in [3.8, 4) is 0 Å². The summed E-state index contributed by atoms with van der Waals surface area (Å²) >= 11 is 0. The van der Waals surface area contributed by atoms with Gasteiger partial charge in [0.05, 0.1) is 0 Å². The minimum atomic E-state index is 0.212. The van der Waals surface area contributed by atoms with E-state index in [4.69, 9.17) is 5.73 Å². The summed E-state index contributed by atoms with van der Waals surface area (Å²) in [6, 6.07) is 0.212. The van der Waals surface area contributed by atoms with Crippen LogP contribution in [0.25, 0.3) is 0 Å². The van der Waals surface area contributed by atoms with Crippen LogP contribution in [0.3, 0.4) is 0 Å². The Kier molecular flexibility index (Phi) is 3.75. The van der Waals surface area contributed by atoms with Crippen molar-refractivity contribution >= 4 is 0 Å². The van der Waals surface area contributed by atoms with Crippen molar-refractivity contribution in [2.75, 3.05) is 0 Å². The summed E-state index contributed by atoms with van der Waals surface area (Å²) in [5.74, 6) is 0.395. The lowest BCUT2D eigenvalue weighted by Crippen LogP contribution is -2.25. The first-order chi connectivity index (χ1) is 6.20. The van der Waals surface area contributed by atoms with Crippen molar-refractivity contribution in [3.63, 3.8) is 0 Å². The van der Waals surface area contributed by atoms with Crippen LogP contribution in [0.1, 0.15) is 20.3 Å². The van der Waals surface area contributed by atoms with Crippen molar-refractivity contribution in [2.24, 2.45) is 11.7 Å². The topological polar surface area (TPSA) is 26.0 Å². The van der Waals surface area contributed by atoms with E-state index in [1.54, 1.807) is 0 Å². The minimum absolute atomic E-state index is 0.212. The van der Waals surface area contributed by atoms with Crippen molar-refractivity contribution in [1.29, 1.82) is 0 Å². The average molecular weight is 175 g/mol. The summed E-state index contributed by atoms with van der Waals surface area (Å²) in [4.78, 5) is 0. The third kappa shape index (κ3) is 3.45. The maximum absolute atomic E-state index is 5.95. The molecule has 0 radical (unpaired) electrons. The highest BCUT2D eigenvalue weighted by Crippen LogP contribution is 2.08. The maximum atomic E-state index is 5.95. The van der Waals surface area contributed by atoms with E-state index in [9.17, 15) is 0 Å². The molecule has 0 aliphatic heterocycles. The largest absolute Gasteiger partial charge is 0.327 e. The van der Waals surface area contributed by atoms with Gasteiger partial charge < -0.3 is 5.73 Å². The van der Waals surface area contributed by atoms with Gasteiger partial charge >= 0.3 is 0 Å². The second kappa shape index (κ2) is 4.86. The van der Waals surface area contributed by atoms with E-state index in [-0.39, 0.29) is 6.04 Å². The Bertz CT molecular complexity index is 277. The van der Waals surface area contributed by atoms with Crippen molar-refractivity contribution in [1.82, 2.24) is 0 Å². The van der Waals surface area contributed by atoms with E-state index in [2.05, 4.69) is 37.8 Å². The number of hydrogen-bond donors (Lipinski definition) is 1. The standard InChI is InChI=1S/C12H17N/c1-10-6-3-4-9-12(13)11(2)8-5-7-10/h3-4,6-8,11-12H,9,13H2,1-2H3. The van der Waals surface area contributed by atoms with Crippen LogP contribution in [-0.4, -0.2) is 6.04 Å². The molecule has 0 saturated carbocycles. The molecule has 1 rings (SSSR count). The number of hydrogen-bond acceptors (Lipinski definition) is 1. The summed E-state index contributed by atoms with van der Waals surface area (Å²) in [5, 5.41) is 0. The molecule has 0 bridgehead atoms. The number of nitrogens with two attached hydrogens (primary N) is 1. The molecule has 1 aliphatic rings. The maximum Gasteiger partial charge on any atom is 0.0140 e. The Morgan fingerprint density at radius 3 is 3.08 bits per heavy atom. The summed E-state index contributed by atoms with van der Waals surface area (Å²) in [7, 11) is 0. The zero-order valence-corrected chi connectivity index (χ0v) is 8.33. The molecule has 0 spiro atoms. The van der Waals surface area contributed by atoms with E-state index >= 15 is 0 Å². The van der Waals surface area contributed by atoms with Gasteiger partial charge in [0.2, 0.25) is 0 Å². The van der Waals surface area contributed by atoms with Crippen LogP contribution in [0.4, 0.5) is 0 Å². The first-order valence-corrected chi connectivity index (χ1v) is 4.72. The molecule has 2 atom stereocenters. The van der Waals surface area contributed by atoms with Gasteiger partial charge in [0, 0.05) is 6.04 Å². The van der Waals surface area contributed by atoms with Crippen LogP contribution in [0.15, 0.2) is 41.7 Å². The van der Waals surface area contributed by atoms with E-state index < -0.39 is 0 Å². The average Bonchev–Trinajstić information content (AvgIpc) is 2.11. The van der Waals surface area contributed by atoms with Crippen LogP contribution in [0.5, 0.6) is 0 Å². The van der Waals surface area contributed by atoms with E-state index in [0.29, 0.717) is 5.92 Å². The molecule has 2 unspecified atom stereocenters. The SMILES string of the molecule is CC1=CC=CCC(N)C(C)C=C=C1. The molecule has 0 amide bonds. The smallest absolute Gasteiger partial charge is 0.0140 e. The normalized spacial score (nSPS) is 28.7. The minimum Gasteiger partial charge on any atom is -0.327 e. The molecule has 70 valence electrons. The Hall–Kier alpha value is -1.04. The quantitative estimate of drug-likeness (QED) is 0.563. The Morgan fingerprint density at radius 2 is 2.31 bits per heavy atom. The van der Waals surface area contributed by atoms with E-state index in [1.807, 2.05) is 12.2 Å². The fraction of sp³-hybridized carbons (Fsp3) is 0.417. The number of allylic oxidation sites excluding steroid dienone is 3. The Morgan fingerprint density at radius 1 is 1.54 bits per heavy atom. The molecule has 2 N–H and O–H groups in total.